The first-order valence-electron chi connectivity index (χ1n) is 7.34. The Morgan fingerprint density at radius 1 is 1.39 bits per heavy atom. The lowest BCUT2D eigenvalue weighted by Crippen LogP contribution is -2.41. The molecule has 2 aromatic rings. The lowest BCUT2D eigenvalue weighted by atomic mass is 10.2. The number of nitrogens with zero attached hydrogens (tertiary/aromatic N) is 3. The van der Waals surface area contributed by atoms with Gasteiger partial charge in [-0.3, -0.25) is 4.21 Å². The summed E-state index contributed by atoms with van der Waals surface area (Å²) in [5.74, 6) is 0.448. The van der Waals surface area contributed by atoms with E-state index < -0.39 is 10.8 Å². The first kappa shape index (κ1) is 17.2. The first-order valence-corrected chi connectivity index (χ1v) is 9.06. The number of benzene rings is 1. The fraction of sp³-hybridized carbons (Fsp3) is 0.375. The number of hydrogen-bond acceptors (Lipinski definition) is 3. The molecule has 0 bridgehead atoms. The van der Waals surface area contributed by atoms with Gasteiger partial charge in [-0.25, -0.2) is 9.48 Å². The monoisotopic (exact) mass is 334 g/mol. The average Bonchev–Trinajstić information content (AvgIpc) is 2.92. The molecular weight excluding hydrogens is 312 g/mol. The quantitative estimate of drug-likeness (QED) is 0.913. The molecule has 0 saturated carbocycles. The molecule has 7 heteroatoms. The number of urea groups is 1. The summed E-state index contributed by atoms with van der Waals surface area (Å²) in [5, 5.41) is 7.28. The van der Waals surface area contributed by atoms with Crippen LogP contribution in [0.2, 0.25) is 0 Å². The van der Waals surface area contributed by atoms with Crippen LogP contribution >= 0.6 is 0 Å². The summed E-state index contributed by atoms with van der Waals surface area (Å²) in [7, 11) is 0.756. The number of amides is 2. The maximum absolute atomic E-state index is 12.4. The SMILES string of the molecule is Cc1ccn(-c2ccccc2NC(=O)N(C)[C@H](C)C[S@](C)=O)n1. The zero-order valence-electron chi connectivity index (χ0n) is 13.8. The Hall–Kier alpha value is -2.15. The highest BCUT2D eigenvalue weighted by atomic mass is 32.2. The molecular formula is C16H22N4O2S. The highest BCUT2D eigenvalue weighted by Crippen LogP contribution is 2.20. The van der Waals surface area contributed by atoms with Crippen molar-refractivity contribution in [3.8, 4) is 5.69 Å². The highest BCUT2D eigenvalue weighted by molar-refractivity contribution is 7.84. The maximum atomic E-state index is 12.4. The van der Waals surface area contributed by atoms with Crippen molar-refractivity contribution in [2.75, 3.05) is 24.4 Å². The molecule has 0 aliphatic carbocycles. The van der Waals surface area contributed by atoms with Crippen LogP contribution in [-0.4, -0.2) is 50.0 Å². The van der Waals surface area contributed by atoms with E-state index in [1.54, 1.807) is 22.9 Å². The van der Waals surface area contributed by atoms with E-state index >= 15 is 0 Å². The van der Waals surface area contributed by atoms with Crippen molar-refractivity contribution in [3.05, 3.63) is 42.2 Å². The van der Waals surface area contributed by atoms with Gasteiger partial charge in [0.15, 0.2) is 0 Å². The number of rotatable bonds is 5. The highest BCUT2D eigenvalue weighted by Gasteiger charge is 2.18. The van der Waals surface area contributed by atoms with Crippen molar-refractivity contribution >= 4 is 22.5 Å². The molecule has 23 heavy (non-hydrogen) atoms. The first-order chi connectivity index (χ1) is 10.9. The molecule has 1 heterocycles. The van der Waals surface area contributed by atoms with Crippen molar-refractivity contribution in [2.24, 2.45) is 0 Å². The van der Waals surface area contributed by atoms with Crippen molar-refractivity contribution in [1.29, 1.82) is 0 Å². The van der Waals surface area contributed by atoms with Crippen molar-refractivity contribution < 1.29 is 9.00 Å². The fourth-order valence-corrected chi connectivity index (χ4v) is 3.09. The Morgan fingerprint density at radius 2 is 2.09 bits per heavy atom. The van der Waals surface area contributed by atoms with Crippen molar-refractivity contribution in [3.63, 3.8) is 0 Å². The lowest BCUT2D eigenvalue weighted by Gasteiger charge is -2.25. The van der Waals surface area contributed by atoms with E-state index in [9.17, 15) is 9.00 Å². The van der Waals surface area contributed by atoms with Gasteiger partial charge in [-0.2, -0.15) is 5.10 Å². The van der Waals surface area contributed by atoms with Gasteiger partial charge in [-0.05, 0) is 32.0 Å². The van der Waals surface area contributed by atoms with Crippen LogP contribution in [0.5, 0.6) is 0 Å². The van der Waals surface area contributed by atoms with Crippen molar-refractivity contribution in [2.45, 2.75) is 19.9 Å². The molecule has 0 radical (unpaired) electrons. The number of hydrogen-bond donors (Lipinski definition) is 1. The van der Waals surface area contributed by atoms with E-state index in [0.29, 0.717) is 11.4 Å². The third-order valence-electron chi connectivity index (χ3n) is 3.57. The van der Waals surface area contributed by atoms with E-state index in [0.717, 1.165) is 11.4 Å². The molecule has 1 aromatic carbocycles. The predicted octanol–water partition coefficient (Wildman–Crippen LogP) is 2.41. The van der Waals surface area contributed by atoms with Crippen LogP contribution in [0.4, 0.5) is 10.5 Å². The average molecular weight is 334 g/mol. The third kappa shape index (κ3) is 4.41. The zero-order valence-corrected chi connectivity index (χ0v) is 14.6. The van der Waals surface area contributed by atoms with Crippen LogP contribution in [0.3, 0.4) is 0 Å². The molecule has 0 saturated heterocycles. The normalized spacial score (nSPS) is 13.4. The molecule has 1 aromatic heterocycles. The number of nitrogens with one attached hydrogen (secondary N) is 1. The van der Waals surface area contributed by atoms with Gasteiger partial charge >= 0.3 is 6.03 Å². The van der Waals surface area contributed by atoms with Gasteiger partial charge in [-0.15, -0.1) is 0 Å². The van der Waals surface area contributed by atoms with Crippen LogP contribution in [0.1, 0.15) is 12.6 Å². The van der Waals surface area contributed by atoms with Crippen LogP contribution in [-0.2, 0) is 10.8 Å². The van der Waals surface area contributed by atoms with E-state index in [4.69, 9.17) is 0 Å². The number of aryl methyl sites for hydroxylation is 1. The molecule has 2 rings (SSSR count). The Balaban J connectivity index is 2.17. The van der Waals surface area contributed by atoms with Gasteiger partial charge in [0.25, 0.3) is 0 Å². The summed E-state index contributed by atoms with van der Waals surface area (Å²) in [5.41, 5.74) is 2.38. The number of aromatic nitrogens is 2. The second-order valence-corrected chi connectivity index (χ2v) is 7.03. The van der Waals surface area contributed by atoms with Gasteiger partial charge < -0.3 is 10.2 Å². The smallest absolute Gasteiger partial charge is 0.321 e. The van der Waals surface area contributed by atoms with E-state index in [1.807, 2.05) is 50.4 Å². The molecule has 6 nitrogen and oxygen atoms in total. The molecule has 124 valence electrons. The fourth-order valence-electron chi connectivity index (χ4n) is 2.18. The van der Waals surface area contributed by atoms with Gasteiger partial charge in [0.05, 0.1) is 17.1 Å². The topological polar surface area (TPSA) is 67.2 Å². The summed E-state index contributed by atoms with van der Waals surface area (Å²) in [6.45, 7) is 3.79. The number of carbonyl (C=O) groups is 1. The summed E-state index contributed by atoms with van der Waals surface area (Å²) in [6, 6.07) is 9.05. The van der Waals surface area contributed by atoms with Crippen LogP contribution in [0, 0.1) is 6.92 Å². The molecule has 0 spiro atoms. The number of para-hydroxylation sites is 2. The minimum absolute atomic E-state index is 0.111. The van der Waals surface area contributed by atoms with Gasteiger partial charge in [0.1, 0.15) is 0 Å². The third-order valence-corrected chi connectivity index (χ3v) is 4.52. The minimum Gasteiger partial charge on any atom is -0.324 e. The summed E-state index contributed by atoms with van der Waals surface area (Å²) < 4.78 is 13.1. The molecule has 2 amide bonds. The lowest BCUT2D eigenvalue weighted by molar-refractivity contribution is 0.212. The van der Waals surface area contributed by atoms with E-state index in [1.165, 1.54) is 0 Å². The molecule has 0 aliphatic rings. The van der Waals surface area contributed by atoms with Crippen molar-refractivity contribution in [1.82, 2.24) is 14.7 Å². The summed E-state index contributed by atoms with van der Waals surface area (Å²) in [6.07, 6.45) is 3.49. The number of anilines is 1. The van der Waals surface area contributed by atoms with Crippen LogP contribution in [0.15, 0.2) is 36.5 Å². The molecule has 0 aliphatic heterocycles. The summed E-state index contributed by atoms with van der Waals surface area (Å²) in [4.78, 5) is 14.0. The molecule has 2 atom stereocenters. The standard InChI is InChI=1S/C16H22N4O2S/c1-12-9-10-20(18-12)15-8-6-5-7-14(15)17-16(21)19(3)13(2)11-23(4)22/h5-10,13H,11H2,1-4H3,(H,17,21)/t13-,23+/m1/s1. The number of carbonyl (C=O) groups excluding carboxylic acids is 1. The second-order valence-electron chi connectivity index (χ2n) is 5.55. The largest absolute Gasteiger partial charge is 0.324 e. The summed E-state index contributed by atoms with van der Waals surface area (Å²) >= 11 is 0. The minimum atomic E-state index is -0.946. The molecule has 0 fully saturated rings. The molecule has 1 N–H and O–H groups in total. The Bertz CT molecular complexity index is 714. The Kier molecular flexibility index (Phi) is 5.54. The van der Waals surface area contributed by atoms with Crippen LogP contribution < -0.4 is 5.32 Å². The Labute approximate surface area is 138 Å². The second kappa shape index (κ2) is 7.41. The van der Waals surface area contributed by atoms with E-state index in [2.05, 4.69) is 10.4 Å². The predicted molar refractivity (Wildman–Crippen MR) is 93.5 cm³/mol. The van der Waals surface area contributed by atoms with E-state index in [-0.39, 0.29) is 12.1 Å². The Morgan fingerprint density at radius 3 is 2.70 bits per heavy atom. The van der Waals surface area contributed by atoms with Gasteiger partial charge in [0, 0.05) is 42.1 Å². The van der Waals surface area contributed by atoms with Gasteiger partial charge in [0.2, 0.25) is 0 Å². The molecule has 0 unspecified atom stereocenters. The van der Waals surface area contributed by atoms with Crippen LogP contribution in [0.25, 0.3) is 5.69 Å². The zero-order chi connectivity index (χ0) is 17.0. The maximum Gasteiger partial charge on any atom is 0.321 e. The van der Waals surface area contributed by atoms with Gasteiger partial charge in [-0.1, -0.05) is 12.1 Å².